The Balaban J connectivity index is 1.30. The number of nitrogen functional groups attached to an aromatic ring is 1. The molecule has 2 aromatic heterocycles. The maximum Gasteiger partial charge on any atom is 0.246 e. The van der Waals surface area contributed by atoms with Gasteiger partial charge in [-0.3, -0.25) is 4.79 Å². The highest BCUT2D eigenvalue weighted by Crippen LogP contribution is 2.51. The van der Waals surface area contributed by atoms with Crippen LogP contribution in [0.2, 0.25) is 0 Å². The number of nitrogens with two attached hydrogens (primary N) is 1. The number of amides is 1. The van der Waals surface area contributed by atoms with Gasteiger partial charge in [0.2, 0.25) is 5.91 Å². The number of piperidine rings is 1. The molecule has 220 valence electrons. The second-order valence-electron chi connectivity index (χ2n) is 11.2. The molecule has 1 aliphatic heterocycles. The van der Waals surface area contributed by atoms with E-state index in [-0.39, 0.29) is 17.6 Å². The van der Waals surface area contributed by atoms with Crippen molar-refractivity contribution in [2.75, 3.05) is 46.6 Å². The van der Waals surface area contributed by atoms with Crippen molar-refractivity contribution in [2.45, 2.75) is 0 Å². The molecule has 4 aromatic rings. The summed E-state index contributed by atoms with van der Waals surface area (Å²) >= 11 is 0. The molecule has 2 aromatic carbocycles. The molecule has 6 rings (SSSR count). The number of fused-ring (bicyclic) bond motifs is 2. The van der Waals surface area contributed by atoms with Crippen molar-refractivity contribution in [3.05, 3.63) is 72.5 Å². The van der Waals surface area contributed by atoms with E-state index in [1.807, 2.05) is 47.7 Å². The highest BCUT2D eigenvalue weighted by molar-refractivity contribution is 6.04. The minimum atomic E-state index is -0.458. The lowest BCUT2D eigenvalue weighted by Crippen LogP contribution is -2.30. The summed E-state index contributed by atoms with van der Waals surface area (Å²) < 4.78 is 27.7. The minimum absolute atomic E-state index is 0.0558. The number of ether oxygens (including phenoxy) is 2. The van der Waals surface area contributed by atoms with Gasteiger partial charge in [0.1, 0.15) is 35.0 Å². The Bertz CT molecular complexity index is 1790. The quantitative estimate of drug-likeness (QED) is 0.257. The Labute approximate surface area is 249 Å². The standard InChI is InChI=1S/C33H33FN6O3/c1-38(2)15-7-10-29(41)40-17-23-21(24(23)18-40)13-14-26-30(31-32(35)36-19-37-33(31)39(26)3)22-12-11-20(16-28(22)42-4)43-27-9-6-5-8-25(27)34/h5-12,16,19,21,23-24H,15,17-18H2,1-4H3,(H2,35,36,37)/b10-7+/t21?,23-,24+. The molecule has 1 unspecified atom stereocenters. The number of methoxy groups -OCH3 is 1. The molecule has 1 amide bonds. The van der Waals surface area contributed by atoms with Crippen LogP contribution in [0.4, 0.5) is 10.2 Å². The number of carbonyl (C=O) groups excluding carboxylic acids is 1. The Morgan fingerprint density at radius 2 is 1.93 bits per heavy atom. The second kappa shape index (κ2) is 11.4. The van der Waals surface area contributed by atoms with Crippen LogP contribution in [-0.2, 0) is 11.8 Å². The summed E-state index contributed by atoms with van der Waals surface area (Å²) in [7, 11) is 7.41. The van der Waals surface area contributed by atoms with Crippen LogP contribution < -0.4 is 15.2 Å². The van der Waals surface area contributed by atoms with Gasteiger partial charge in [0.15, 0.2) is 11.6 Å². The molecule has 2 N–H and O–H groups in total. The van der Waals surface area contributed by atoms with Crippen LogP contribution in [0.5, 0.6) is 17.2 Å². The molecule has 2 fully saturated rings. The van der Waals surface area contributed by atoms with Crippen LogP contribution in [0.3, 0.4) is 0 Å². The summed E-state index contributed by atoms with van der Waals surface area (Å²) in [5.41, 5.74) is 9.26. The first-order valence-electron chi connectivity index (χ1n) is 14.1. The molecule has 3 heterocycles. The van der Waals surface area contributed by atoms with Crippen LogP contribution in [0, 0.1) is 35.4 Å². The van der Waals surface area contributed by atoms with Gasteiger partial charge in [-0.2, -0.15) is 0 Å². The lowest BCUT2D eigenvalue weighted by atomic mass is 10.0. The number of likely N-dealkylation sites (N-methyl/N-ethyl adjacent to an activating group) is 1. The topological polar surface area (TPSA) is 98.7 Å². The van der Waals surface area contributed by atoms with Gasteiger partial charge in [0.05, 0.1) is 12.5 Å². The zero-order chi connectivity index (χ0) is 30.2. The summed E-state index contributed by atoms with van der Waals surface area (Å²) in [6, 6.07) is 11.5. The number of anilines is 1. The van der Waals surface area contributed by atoms with Gasteiger partial charge in [-0.1, -0.05) is 24.1 Å². The first-order chi connectivity index (χ1) is 20.8. The maximum absolute atomic E-state index is 14.2. The predicted octanol–water partition coefficient (Wildman–Crippen LogP) is 4.33. The summed E-state index contributed by atoms with van der Waals surface area (Å²) in [5.74, 6) is 8.82. The van der Waals surface area contributed by atoms with Crippen LogP contribution in [0.25, 0.3) is 22.2 Å². The average molecular weight is 581 g/mol. The van der Waals surface area contributed by atoms with E-state index in [2.05, 4.69) is 21.8 Å². The first kappa shape index (κ1) is 28.2. The molecule has 43 heavy (non-hydrogen) atoms. The van der Waals surface area contributed by atoms with Crippen molar-refractivity contribution in [1.82, 2.24) is 24.3 Å². The third-order valence-corrected chi connectivity index (χ3v) is 8.10. The molecule has 0 radical (unpaired) electrons. The fraction of sp³-hybridized carbons (Fsp3) is 0.303. The van der Waals surface area contributed by atoms with Crippen molar-refractivity contribution in [1.29, 1.82) is 0 Å². The van der Waals surface area contributed by atoms with Gasteiger partial charge >= 0.3 is 0 Å². The van der Waals surface area contributed by atoms with Crippen molar-refractivity contribution in [3.8, 4) is 40.2 Å². The van der Waals surface area contributed by atoms with Gasteiger partial charge in [-0.25, -0.2) is 14.4 Å². The number of likely N-dealkylation sites (tertiary alicyclic amines) is 1. The molecule has 1 aliphatic carbocycles. The molecule has 1 saturated carbocycles. The van der Waals surface area contributed by atoms with Crippen molar-refractivity contribution >= 4 is 22.8 Å². The van der Waals surface area contributed by atoms with E-state index in [4.69, 9.17) is 15.2 Å². The van der Waals surface area contributed by atoms with E-state index in [9.17, 15) is 9.18 Å². The van der Waals surface area contributed by atoms with Gasteiger partial charge in [-0.05, 0) is 56.1 Å². The summed E-state index contributed by atoms with van der Waals surface area (Å²) in [4.78, 5) is 25.2. The maximum atomic E-state index is 14.2. The minimum Gasteiger partial charge on any atom is -0.496 e. The Kier molecular flexibility index (Phi) is 7.50. The number of carbonyl (C=O) groups is 1. The number of hydrogen-bond acceptors (Lipinski definition) is 7. The largest absolute Gasteiger partial charge is 0.496 e. The summed E-state index contributed by atoms with van der Waals surface area (Å²) in [6.45, 7) is 2.16. The van der Waals surface area contributed by atoms with E-state index in [0.29, 0.717) is 53.3 Å². The van der Waals surface area contributed by atoms with Crippen LogP contribution >= 0.6 is 0 Å². The highest BCUT2D eigenvalue weighted by atomic mass is 19.1. The number of para-hydroxylation sites is 1. The molecule has 3 atom stereocenters. The smallest absolute Gasteiger partial charge is 0.246 e. The van der Waals surface area contributed by atoms with Gasteiger partial charge in [0, 0.05) is 55.9 Å². The van der Waals surface area contributed by atoms with E-state index >= 15 is 0 Å². The number of aryl methyl sites for hydroxylation is 1. The Morgan fingerprint density at radius 1 is 1.16 bits per heavy atom. The molecule has 0 spiro atoms. The van der Waals surface area contributed by atoms with Crippen molar-refractivity contribution in [2.24, 2.45) is 24.8 Å². The van der Waals surface area contributed by atoms with Gasteiger partial charge < -0.3 is 29.6 Å². The zero-order valence-electron chi connectivity index (χ0n) is 24.5. The number of hydrogen-bond donors (Lipinski definition) is 1. The monoisotopic (exact) mass is 580 g/mol. The molecule has 10 heteroatoms. The third-order valence-electron chi connectivity index (χ3n) is 8.10. The number of nitrogens with zero attached hydrogens (tertiary/aromatic N) is 5. The number of aromatic nitrogens is 3. The Hall–Kier alpha value is -4.88. The lowest BCUT2D eigenvalue weighted by molar-refractivity contribution is -0.125. The summed E-state index contributed by atoms with van der Waals surface area (Å²) in [5, 5.41) is 0.674. The van der Waals surface area contributed by atoms with E-state index in [1.54, 1.807) is 43.5 Å². The molecule has 0 bridgehead atoms. The fourth-order valence-corrected chi connectivity index (χ4v) is 5.82. The molecule has 1 saturated heterocycles. The van der Waals surface area contributed by atoms with Gasteiger partial charge in [0.25, 0.3) is 0 Å². The number of benzene rings is 2. The second-order valence-corrected chi connectivity index (χ2v) is 11.2. The Morgan fingerprint density at radius 3 is 2.65 bits per heavy atom. The van der Waals surface area contributed by atoms with E-state index in [1.165, 1.54) is 12.4 Å². The fourth-order valence-electron chi connectivity index (χ4n) is 5.82. The summed E-state index contributed by atoms with van der Waals surface area (Å²) in [6.07, 6.45) is 5.00. The van der Waals surface area contributed by atoms with E-state index in [0.717, 1.165) is 23.4 Å². The molecular weight excluding hydrogens is 547 g/mol. The predicted molar refractivity (Wildman–Crippen MR) is 163 cm³/mol. The highest BCUT2D eigenvalue weighted by Gasteiger charge is 2.55. The zero-order valence-corrected chi connectivity index (χ0v) is 24.5. The number of halogens is 1. The molecule has 9 nitrogen and oxygen atoms in total. The normalized spacial score (nSPS) is 19.0. The van der Waals surface area contributed by atoms with Crippen molar-refractivity contribution in [3.63, 3.8) is 0 Å². The molecule has 2 aliphatic rings. The SMILES string of the molecule is COc1cc(Oc2ccccc2F)ccc1-c1c(C#CC2[C@H]3CN(C(=O)/C=C/CN(C)C)C[C@@H]23)n(C)c2ncnc(N)c12. The van der Waals surface area contributed by atoms with Crippen LogP contribution in [0.15, 0.2) is 60.9 Å². The molecular formula is C33H33FN6O3. The average Bonchev–Trinajstić information content (AvgIpc) is 3.29. The lowest BCUT2D eigenvalue weighted by Gasteiger charge is -2.17. The van der Waals surface area contributed by atoms with Crippen molar-refractivity contribution < 1.29 is 18.7 Å². The number of rotatable bonds is 7. The van der Waals surface area contributed by atoms with Crippen LogP contribution in [-0.4, -0.2) is 71.1 Å². The first-order valence-corrected chi connectivity index (χ1v) is 14.1. The van der Waals surface area contributed by atoms with E-state index < -0.39 is 5.82 Å². The third kappa shape index (κ3) is 5.40. The van der Waals surface area contributed by atoms with Crippen LogP contribution in [0.1, 0.15) is 5.69 Å². The van der Waals surface area contributed by atoms with Gasteiger partial charge in [-0.15, -0.1) is 0 Å².